The summed E-state index contributed by atoms with van der Waals surface area (Å²) in [6.45, 7) is 5.17. The molecule has 0 atom stereocenters. The van der Waals surface area contributed by atoms with E-state index in [1.54, 1.807) is 18.2 Å². The van der Waals surface area contributed by atoms with Crippen LogP contribution in [0.15, 0.2) is 24.3 Å². The number of hydrogen-bond acceptors (Lipinski definition) is 3. The third-order valence-electron chi connectivity index (χ3n) is 2.96. The predicted octanol–water partition coefficient (Wildman–Crippen LogP) is 0.762. The second kappa shape index (κ2) is 10.2. The zero-order valence-electron chi connectivity index (χ0n) is 13.6. The average molecular weight is 320 g/mol. The standard InChI is InChI=1S/C16H24N4O3/c1-3-8-18-14(21)11-20-16(23)19-10-12-6-5-7-13(9-12)15(22)17-4-2/h5-7,9H,3-4,8,10-11H2,1-2H3,(H,17,22)(H,18,21)(H2,19,20,23). The fourth-order valence-corrected chi connectivity index (χ4v) is 1.82. The van der Waals surface area contributed by atoms with Gasteiger partial charge in [-0.15, -0.1) is 0 Å². The largest absolute Gasteiger partial charge is 0.355 e. The van der Waals surface area contributed by atoms with Gasteiger partial charge in [-0.1, -0.05) is 19.1 Å². The summed E-state index contributed by atoms with van der Waals surface area (Å²) in [5, 5.41) is 10.5. The van der Waals surface area contributed by atoms with Gasteiger partial charge in [0.25, 0.3) is 5.91 Å². The van der Waals surface area contributed by atoms with Gasteiger partial charge < -0.3 is 21.3 Å². The van der Waals surface area contributed by atoms with E-state index in [1.165, 1.54) is 0 Å². The Morgan fingerprint density at radius 2 is 1.78 bits per heavy atom. The first-order chi connectivity index (χ1) is 11.1. The summed E-state index contributed by atoms with van der Waals surface area (Å²) in [7, 11) is 0. The molecule has 0 spiro atoms. The zero-order chi connectivity index (χ0) is 17.1. The third kappa shape index (κ3) is 7.30. The Kier molecular flexibility index (Phi) is 8.20. The van der Waals surface area contributed by atoms with Crippen LogP contribution < -0.4 is 21.3 Å². The van der Waals surface area contributed by atoms with E-state index >= 15 is 0 Å². The molecule has 23 heavy (non-hydrogen) atoms. The van der Waals surface area contributed by atoms with Crippen LogP contribution in [0.3, 0.4) is 0 Å². The molecule has 0 heterocycles. The van der Waals surface area contributed by atoms with Crippen molar-refractivity contribution < 1.29 is 14.4 Å². The number of urea groups is 1. The highest BCUT2D eigenvalue weighted by Crippen LogP contribution is 2.05. The van der Waals surface area contributed by atoms with Gasteiger partial charge in [0.05, 0.1) is 6.54 Å². The van der Waals surface area contributed by atoms with Crippen LogP contribution >= 0.6 is 0 Å². The summed E-state index contributed by atoms with van der Waals surface area (Å²) in [4.78, 5) is 34.7. The Morgan fingerprint density at radius 3 is 2.48 bits per heavy atom. The van der Waals surface area contributed by atoms with Crippen molar-refractivity contribution >= 4 is 17.8 Å². The molecule has 0 aliphatic rings. The molecule has 4 amide bonds. The molecule has 126 valence electrons. The molecule has 0 bridgehead atoms. The lowest BCUT2D eigenvalue weighted by molar-refractivity contribution is -0.120. The van der Waals surface area contributed by atoms with Crippen molar-refractivity contribution in [2.45, 2.75) is 26.8 Å². The van der Waals surface area contributed by atoms with Crippen molar-refractivity contribution in [3.05, 3.63) is 35.4 Å². The van der Waals surface area contributed by atoms with Crippen LogP contribution in [0, 0.1) is 0 Å². The maximum atomic E-state index is 11.7. The fraction of sp³-hybridized carbons (Fsp3) is 0.438. The summed E-state index contributed by atoms with van der Waals surface area (Å²) in [6.07, 6.45) is 0.847. The van der Waals surface area contributed by atoms with Gasteiger partial charge in [0.2, 0.25) is 5.91 Å². The van der Waals surface area contributed by atoms with Gasteiger partial charge in [-0.2, -0.15) is 0 Å². The first-order valence-electron chi connectivity index (χ1n) is 7.72. The molecule has 0 aliphatic carbocycles. The van der Waals surface area contributed by atoms with Crippen molar-refractivity contribution in [2.75, 3.05) is 19.6 Å². The van der Waals surface area contributed by atoms with Crippen molar-refractivity contribution in [1.82, 2.24) is 21.3 Å². The van der Waals surface area contributed by atoms with Crippen LogP contribution in [0.2, 0.25) is 0 Å². The normalized spacial score (nSPS) is 9.83. The molecule has 0 unspecified atom stereocenters. The Balaban J connectivity index is 2.39. The van der Waals surface area contributed by atoms with Gasteiger partial charge in [-0.25, -0.2) is 4.79 Å². The highest BCUT2D eigenvalue weighted by molar-refractivity contribution is 5.94. The monoisotopic (exact) mass is 320 g/mol. The maximum absolute atomic E-state index is 11.7. The molecule has 0 aromatic heterocycles. The first kappa shape index (κ1) is 18.5. The Hall–Kier alpha value is -2.57. The van der Waals surface area contributed by atoms with Gasteiger partial charge in [0.1, 0.15) is 0 Å². The topological polar surface area (TPSA) is 99.3 Å². The van der Waals surface area contributed by atoms with E-state index in [-0.39, 0.29) is 24.9 Å². The number of rotatable bonds is 8. The molecular formula is C16H24N4O3. The molecule has 4 N–H and O–H groups in total. The minimum atomic E-state index is -0.430. The highest BCUT2D eigenvalue weighted by atomic mass is 16.2. The molecule has 7 heteroatoms. The van der Waals surface area contributed by atoms with Gasteiger partial charge in [-0.3, -0.25) is 9.59 Å². The number of nitrogens with one attached hydrogen (secondary N) is 4. The minimum absolute atomic E-state index is 0.0647. The molecule has 0 saturated carbocycles. The van der Waals surface area contributed by atoms with Crippen molar-refractivity contribution in [3.63, 3.8) is 0 Å². The Labute approximate surface area is 136 Å². The Morgan fingerprint density at radius 1 is 1.00 bits per heavy atom. The lowest BCUT2D eigenvalue weighted by atomic mass is 10.1. The quantitative estimate of drug-likeness (QED) is 0.569. The van der Waals surface area contributed by atoms with E-state index in [9.17, 15) is 14.4 Å². The molecule has 1 aromatic carbocycles. The van der Waals surface area contributed by atoms with Gasteiger partial charge in [0, 0.05) is 25.2 Å². The second-order valence-electron chi connectivity index (χ2n) is 4.95. The van der Waals surface area contributed by atoms with Crippen LogP contribution in [-0.2, 0) is 11.3 Å². The number of carbonyl (C=O) groups is 3. The molecule has 0 radical (unpaired) electrons. The van der Waals surface area contributed by atoms with E-state index in [4.69, 9.17) is 0 Å². The summed E-state index contributed by atoms with van der Waals surface area (Å²) >= 11 is 0. The highest BCUT2D eigenvalue weighted by Gasteiger charge is 2.07. The molecular weight excluding hydrogens is 296 g/mol. The molecule has 7 nitrogen and oxygen atoms in total. The zero-order valence-corrected chi connectivity index (χ0v) is 13.6. The lowest BCUT2D eigenvalue weighted by Crippen LogP contribution is -2.41. The van der Waals surface area contributed by atoms with E-state index in [0.717, 1.165) is 12.0 Å². The number of hydrogen-bond donors (Lipinski definition) is 4. The molecule has 1 aromatic rings. The van der Waals surface area contributed by atoms with Gasteiger partial charge in [0.15, 0.2) is 0 Å². The van der Waals surface area contributed by atoms with Crippen LogP contribution in [0.1, 0.15) is 36.2 Å². The van der Waals surface area contributed by atoms with Crippen LogP contribution in [0.4, 0.5) is 4.79 Å². The number of carbonyl (C=O) groups excluding carboxylic acids is 3. The lowest BCUT2D eigenvalue weighted by Gasteiger charge is -2.09. The molecule has 0 fully saturated rings. The van der Waals surface area contributed by atoms with E-state index in [1.807, 2.05) is 19.9 Å². The minimum Gasteiger partial charge on any atom is -0.355 e. The SMILES string of the molecule is CCCNC(=O)CNC(=O)NCc1cccc(C(=O)NCC)c1. The fourth-order valence-electron chi connectivity index (χ4n) is 1.82. The summed E-state index contributed by atoms with van der Waals surface area (Å²) < 4.78 is 0. The number of amides is 4. The van der Waals surface area contributed by atoms with E-state index in [2.05, 4.69) is 21.3 Å². The summed E-state index contributed by atoms with van der Waals surface area (Å²) in [5.41, 5.74) is 1.35. The smallest absolute Gasteiger partial charge is 0.315 e. The van der Waals surface area contributed by atoms with Crippen molar-refractivity contribution in [3.8, 4) is 0 Å². The number of benzene rings is 1. The van der Waals surface area contributed by atoms with Gasteiger partial charge >= 0.3 is 6.03 Å². The van der Waals surface area contributed by atoms with Crippen molar-refractivity contribution in [2.24, 2.45) is 0 Å². The van der Waals surface area contributed by atoms with E-state index < -0.39 is 6.03 Å². The van der Waals surface area contributed by atoms with Crippen molar-refractivity contribution in [1.29, 1.82) is 0 Å². The van der Waals surface area contributed by atoms with Crippen LogP contribution in [0.5, 0.6) is 0 Å². The predicted molar refractivity (Wildman–Crippen MR) is 88.0 cm³/mol. The first-order valence-corrected chi connectivity index (χ1v) is 7.72. The van der Waals surface area contributed by atoms with Crippen LogP contribution in [0.25, 0.3) is 0 Å². The maximum Gasteiger partial charge on any atom is 0.315 e. The van der Waals surface area contributed by atoms with E-state index in [0.29, 0.717) is 18.7 Å². The third-order valence-corrected chi connectivity index (χ3v) is 2.96. The summed E-state index contributed by atoms with van der Waals surface area (Å²) in [5.74, 6) is -0.369. The second-order valence-corrected chi connectivity index (χ2v) is 4.95. The molecule has 1 rings (SSSR count). The Bertz CT molecular complexity index is 546. The van der Waals surface area contributed by atoms with Gasteiger partial charge in [-0.05, 0) is 31.0 Å². The van der Waals surface area contributed by atoms with Crippen LogP contribution in [-0.4, -0.2) is 37.5 Å². The summed E-state index contributed by atoms with van der Waals surface area (Å²) in [6, 6.07) is 6.58. The average Bonchev–Trinajstić information content (AvgIpc) is 2.56. The molecule has 0 aliphatic heterocycles. The molecule has 0 saturated heterocycles.